The molecular formula is C6H7ClFN. The van der Waals surface area contributed by atoms with Gasteiger partial charge in [0, 0.05) is 0 Å². The third kappa shape index (κ3) is 1.90. The normalized spacial score (nSPS) is 8.11. The number of halogens is 2. The van der Waals surface area contributed by atoms with Gasteiger partial charge in [-0.05, 0) is 12.1 Å². The molecule has 0 amide bonds. The smallest absolute Gasteiger partial charge is 0.146 e. The van der Waals surface area contributed by atoms with Crippen molar-refractivity contribution >= 4 is 18.1 Å². The van der Waals surface area contributed by atoms with Gasteiger partial charge in [-0.15, -0.1) is 12.4 Å². The quantitative estimate of drug-likeness (QED) is 0.556. The van der Waals surface area contributed by atoms with E-state index in [2.05, 4.69) is 0 Å². The van der Waals surface area contributed by atoms with Crippen molar-refractivity contribution in [2.45, 2.75) is 0 Å². The third-order valence-electron chi connectivity index (χ3n) is 0.905. The third-order valence-corrected chi connectivity index (χ3v) is 0.905. The molecule has 0 radical (unpaired) electrons. The average Bonchev–Trinajstić information content (AvgIpc) is 1.77. The highest BCUT2D eigenvalue weighted by molar-refractivity contribution is 5.85. The maximum absolute atomic E-state index is 12.2. The zero-order valence-electron chi connectivity index (χ0n) is 4.67. The van der Waals surface area contributed by atoms with Gasteiger partial charge in [-0.3, -0.25) is 0 Å². The molecule has 0 bridgehead atoms. The molecule has 0 spiro atoms. The van der Waals surface area contributed by atoms with Crippen LogP contribution in [0.4, 0.5) is 10.1 Å². The molecular weight excluding hydrogens is 140 g/mol. The fraction of sp³-hybridized carbons (Fsp3) is 0. The van der Waals surface area contributed by atoms with Gasteiger partial charge in [0.1, 0.15) is 5.82 Å². The molecule has 0 saturated heterocycles. The van der Waals surface area contributed by atoms with Gasteiger partial charge in [-0.1, -0.05) is 12.1 Å². The lowest BCUT2D eigenvalue weighted by atomic mass is 10.3. The Bertz CT molecular complexity index is 169. The van der Waals surface area contributed by atoms with Crippen LogP contribution in [0.25, 0.3) is 0 Å². The van der Waals surface area contributed by atoms with Crippen molar-refractivity contribution in [1.29, 1.82) is 0 Å². The van der Waals surface area contributed by atoms with Crippen molar-refractivity contribution in [2.24, 2.45) is 0 Å². The molecule has 0 atom stereocenters. The van der Waals surface area contributed by atoms with E-state index >= 15 is 0 Å². The zero-order valence-corrected chi connectivity index (χ0v) is 5.49. The van der Waals surface area contributed by atoms with Crippen LogP contribution in [0.3, 0.4) is 0 Å². The Balaban J connectivity index is 0.000000640. The van der Waals surface area contributed by atoms with E-state index in [0.717, 1.165) is 0 Å². The minimum absolute atomic E-state index is 0. The highest BCUT2D eigenvalue weighted by Crippen LogP contribution is 2.05. The Morgan fingerprint density at radius 1 is 1.22 bits per heavy atom. The highest BCUT2D eigenvalue weighted by Gasteiger charge is 1.89. The van der Waals surface area contributed by atoms with Crippen LogP contribution in [0.15, 0.2) is 24.3 Å². The molecule has 0 saturated carbocycles. The van der Waals surface area contributed by atoms with E-state index < -0.39 is 0 Å². The van der Waals surface area contributed by atoms with Gasteiger partial charge in [0.05, 0.1) is 5.69 Å². The summed E-state index contributed by atoms with van der Waals surface area (Å²) < 4.78 is 12.2. The van der Waals surface area contributed by atoms with Gasteiger partial charge >= 0.3 is 0 Å². The molecule has 0 unspecified atom stereocenters. The molecule has 3 heteroatoms. The van der Waals surface area contributed by atoms with Crippen LogP contribution in [0.2, 0.25) is 0 Å². The van der Waals surface area contributed by atoms with Crippen molar-refractivity contribution in [3.8, 4) is 0 Å². The SMILES string of the molecule is Cl.Nc1ccccc1[18F]. The lowest BCUT2D eigenvalue weighted by Gasteiger charge is -1.89. The van der Waals surface area contributed by atoms with E-state index in [9.17, 15) is 4.39 Å². The van der Waals surface area contributed by atoms with Gasteiger partial charge in [-0.25, -0.2) is 4.39 Å². The van der Waals surface area contributed by atoms with Gasteiger partial charge in [-0.2, -0.15) is 0 Å². The van der Waals surface area contributed by atoms with Gasteiger partial charge < -0.3 is 5.73 Å². The number of nitrogen functional groups attached to an aromatic ring is 1. The summed E-state index contributed by atoms with van der Waals surface area (Å²) in [6, 6.07) is 6.15. The summed E-state index contributed by atoms with van der Waals surface area (Å²) in [6.45, 7) is 0. The van der Waals surface area contributed by atoms with E-state index in [0.29, 0.717) is 0 Å². The van der Waals surface area contributed by atoms with Crippen molar-refractivity contribution < 1.29 is 4.39 Å². The van der Waals surface area contributed by atoms with Crippen LogP contribution in [0, 0.1) is 5.82 Å². The summed E-state index contributed by atoms with van der Waals surface area (Å²) in [4.78, 5) is 0. The van der Waals surface area contributed by atoms with Crippen molar-refractivity contribution in [3.05, 3.63) is 30.1 Å². The van der Waals surface area contributed by atoms with Crippen LogP contribution >= 0.6 is 12.4 Å². The number of hydrogen-bond donors (Lipinski definition) is 1. The summed E-state index contributed by atoms with van der Waals surface area (Å²) in [6.07, 6.45) is 0. The van der Waals surface area contributed by atoms with Crippen LogP contribution in [-0.2, 0) is 0 Å². The highest BCUT2D eigenvalue weighted by atomic mass is 35.5. The van der Waals surface area contributed by atoms with E-state index in [4.69, 9.17) is 5.73 Å². The number of para-hydroxylation sites is 1. The fourth-order valence-corrected chi connectivity index (χ4v) is 0.475. The summed E-state index contributed by atoms with van der Waals surface area (Å²) in [5.74, 6) is -0.354. The number of nitrogens with two attached hydrogens (primary N) is 1. The molecule has 1 aromatic carbocycles. The van der Waals surface area contributed by atoms with Crippen LogP contribution in [0.5, 0.6) is 0 Å². The summed E-state index contributed by atoms with van der Waals surface area (Å²) in [5.41, 5.74) is 5.35. The molecule has 0 aliphatic carbocycles. The Kier molecular flexibility index (Phi) is 3.02. The van der Waals surface area contributed by atoms with Gasteiger partial charge in [0.25, 0.3) is 0 Å². The minimum Gasteiger partial charge on any atom is -0.396 e. The number of rotatable bonds is 0. The van der Waals surface area contributed by atoms with Crippen LogP contribution < -0.4 is 5.73 Å². The zero-order chi connectivity index (χ0) is 5.98. The Labute approximate surface area is 59.1 Å². The Morgan fingerprint density at radius 2 is 1.78 bits per heavy atom. The standard InChI is InChI=1S/C6H6FN.ClH/c7-5-3-1-2-4-6(5)8;/h1-4H,8H2;1H/i7-1;. The molecule has 0 aliphatic rings. The Hall–Kier alpha value is -0.760. The van der Waals surface area contributed by atoms with Crippen molar-refractivity contribution in [2.75, 3.05) is 5.73 Å². The number of benzene rings is 1. The van der Waals surface area contributed by atoms with E-state index in [1.807, 2.05) is 0 Å². The molecule has 1 rings (SSSR count). The minimum atomic E-state index is -0.354. The predicted octanol–water partition coefficient (Wildman–Crippen LogP) is 1.83. The molecule has 0 fully saturated rings. The second-order valence-electron chi connectivity index (χ2n) is 1.52. The first-order chi connectivity index (χ1) is 3.80. The molecule has 0 heterocycles. The topological polar surface area (TPSA) is 26.0 Å². The van der Waals surface area contributed by atoms with E-state index in [-0.39, 0.29) is 23.9 Å². The van der Waals surface area contributed by atoms with E-state index in [1.165, 1.54) is 12.1 Å². The summed E-state index contributed by atoms with van der Waals surface area (Å²) in [5, 5.41) is 0. The van der Waals surface area contributed by atoms with Crippen LogP contribution in [-0.4, -0.2) is 0 Å². The first-order valence-electron chi connectivity index (χ1n) is 2.31. The van der Waals surface area contributed by atoms with Crippen molar-refractivity contribution in [1.82, 2.24) is 0 Å². The molecule has 2 N–H and O–H groups in total. The first kappa shape index (κ1) is 8.24. The van der Waals surface area contributed by atoms with E-state index in [1.54, 1.807) is 12.1 Å². The molecule has 1 aromatic rings. The van der Waals surface area contributed by atoms with Crippen molar-refractivity contribution in [3.63, 3.8) is 0 Å². The average molecular weight is 147 g/mol. The maximum Gasteiger partial charge on any atom is 0.146 e. The predicted molar refractivity (Wildman–Crippen MR) is 38.1 cm³/mol. The molecule has 0 aromatic heterocycles. The first-order valence-corrected chi connectivity index (χ1v) is 2.31. The maximum atomic E-state index is 12.2. The number of hydrogen-bond acceptors (Lipinski definition) is 1. The molecule has 50 valence electrons. The van der Waals surface area contributed by atoms with Gasteiger partial charge in [0.15, 0.2) is 0 Å². The molecule has 9 heavy (non-hydrogen) atoms. The number of anilines is 1. The summed E-state index contributed by atoms with van der Waals surface area (Å²) >= 11 is 0. The molecule has 1 nitrogen and oxygen atoms in total. The fourth-order valence-electron chi connectivity index (χ4n) is 0.475. The second kappa shape index (κ2) is 3.30. The lowest BCUT2D eigenvalue weighted by Crippen LogP contribution is -1.86. The monoisotopic (exact) mass is 146 g/mol. The van der Waals surface area contributed by atoms with Gasteiger partial charge in [0.2, 0.25) is 0 Å². The largest absolute Gasteiger partial charge is 0.396 e. The second-order valence-corrected chi connectivity index (χ2v) is 1.52. The Morgan fingerprint density at radius 3 is 2.11 bits per heavy atom. The summed E-state index contributed by atoms with van der Waals surface area (Å²) in [7, 11) is 0. The lowest BCUT2D eigenvalue weighted by molar-refractivity contribution is 0.632. The van der Waals surface area contributed by atoms with Crippen LogP contribution in [0.1, 0.15) is 0 Å². The molecule has 0 aliphatic heterocycles.